The number of nitrogens with two attached hydrogens (primary N) is 1. The number of ether oxygens (including phenoxy) is 2. The molecule has 0 spiro atoms. The first-order valence-corrected chi connectivity index (χ1v) is 9.75. The number of hydrogen-bond acceptors (Lipinski definition) is 6. The molecular formula is C21H17ClF3N3O5. The van der Waals surface area contributed by atoms with Gasteiger partial charge in [0.1, 0.15) is 17.3 Å². The molecule has 0 radical (unpaired) electrons. The van der Waals surface area contributed by atoms with Gasteiger partial charge in [-0.25, -0.2) is 4.98 Å². The van der Waals surface area contributed by atoms with Crippen LogP contribution in [0.3, 0.4) is 0 Å². The first kappa shape index (κ1) is 23.9. The third-order valence-electron chi connectivity index (χ3n) is 4.15. The van der Waals surface area contributed by atoms with Crippen molar-refractivity contribution in [2.24, 2.45) is 5.73 Å². The molecule has 0 atom stereocenters. The lowest BCUT2D eigenvalue weighted by atomic mass is 10.1. The molecule has 0 saturated heterocycles. The zero-order chi connectivity index (χ0) is 24.0. The Bertz CT molecular complexity index is 1130. The zero-order valence-corrected chi connectivity index (χ0v) is 17.6. The number of amides is 2. The Kier molecular flexibility index (Phi) is 7.44. The number of hydrogen-bond donors (Lipinski definition) is 2. The van der Waals surface area contributed by atoms with E-state index in [2.05, 4.69) is 15.0 Å². The second-order valence-corrected chi connectivity index (χ2v) is 7.00. The Labute approximate surface area is 190 Å². The van der Waals surface area contributed by atoms with E-state index in [-0.39, 0.29) is 36.1 Å². The number of rotatable bonds is 9. The molecule has 174 valence electrons. The molecule has 0 fully saturated rings. The minimum Gasteiger partial charge on any atom is -0.484 e. The van der Waals surface area contributed by atoms with Crippen LogP contribution in [0.5, 0.6) is 11.5 Å². The fourth-order valence-electron chi connectivity index (χ4n) is 2.71. The molecule has 0 unspecified atom stereocenters. The van der Waals surface area contributed by atoms with E-state index in [0.717, 1.165) is 12.1 Å². The third-order valence-corrected chi connectivity index (χ3v) is 4.52. The van der Waals surface area contributed by atoms with Crippen LogP contribution in [0.1, 0.15) is 27.7 Å². The topological polar surface area (TPSA) is 117 Å². The van der Waals surface area contributed by atoms with Crippen molar-refractivity contribution in [1.82, 2.24) is 10.3 Å². The number of nitrogens with zero attached hydrogens (tertiary/aromatic N) is 1. The standard InChI is InChI=1S/C21H17ClF3N3O5/c22-15-4-2-1-3-12(15)9-16-19(20(26)30)28-18(32-16)10-27-17(29)11-31-13-5-7-14(8-6-13)33-21(23,24)25/h1-8H,9-11H2,(H2,26,30)(H,27,29). The summed E-state index contributed by atoms with van der Waals surface area (Å²) in [6.07, 6.45) is -4.63. The molecule has 3 N–H and O–H groups in total. The van der Waals surface area contributed by atoms with Crippen LogP contribution in [0.4, 0.5) is 13.2 Å². The van der Waals surface area contributed by atoms with Crippen LogP contribution < -0.4 is 20.5 Å². The lowest BCUT2D eigenvalue weighted by molar-refractivity contribution is -0.274. The highest BCUT2D eigenvalue weighted by molar-refractivity contribution is 6.31. The van der Waals surface area contributed by atoms with Gasteiger partial charge in [0.05, 0.1) is 6.54 Å². The van der Waals surface area contributed by atoms with Crippen molar-refractivity contribution in [3.63, 3.8) is 0 Å². The molecule has 3 aromatic rings. The summed E-state index contributed by atoms with van der Waals surface area (Å²) < 4.78 is 51.0. The number of benzene rings is 2. The van der Waals surface area contributed by atoms with Crippen LogP contribution in [0.15, 0.2) is 52.9 Å². The van der Waals surface area contributed by atoms with E-state index in [1.165, 1.54) is 12.1 Å². The number of aromatic nitrogens is 1. The number of oxazole rings is 1. The molecule has 2 amide bonds. The highest BCUT2D eigenvalue weighted by atomic mass is 35.5. The van der Waals surface area contributed by atoms with E-state index in [1.54, 1.807) is 24.3 Å². The van der Waals surface area contributed by atoms with Crippen LogP contribution in [0.2, 0.25) is 5.02 Å². The lowest BCUT2D eigenvalue weighted by Gasteiger charge is -2.10. The van der Waals surface area contributed by atoms with Crippen molar-refractivity contribution in [2.45, 2.75) is 19.3 Å². The first-order chi connectivity index (χ1) is 15.6. The Morgan fingerprint density at radius 1 is 1.09 bits per heavy atom. The number of carbonyl (C=O) groups excluding carboxylic acids is 2. The molecule has 33 heavy (non-hydrogen) atoms. The molecular weight excluding hydrogens is 467 g/mol. The van der Waals surface area contributed by atoms with Crippen molar-refractivity contribution in [3.05, 3.63) is 76.5 Å². The predicted octanol–water partition coefficient (Wildman–Crippen LogP) is 3.61. The molecule has 0 aliphatic carbocycles. The monoisotopic (exact) mass is 483 g/mol. The van der Waals surface area contributed by atoms with Gasteiger partial charge in [0.2, 0.25) is 5.89 Å². The third kappa shape index (κ3) is 7.14. The van der Waals surface area contributed by atoms with Gasteiger partial charge >= 0.3 is 6.36 Å². The van der Waals surface area contributed by atoms with Gasteiger partial charge in [-0.3, -0.25) is 9.59 Å². The molecule has 3 rings (SSSR count). The molecule has 0 aliphatic rings. The van der Waals surface area contributed by atoms with Crippen LogP contribution >= 0.6 is 11.6 Å². The van der Waals surface area contributed by atoms with Gasteiger partial charge < -0.3 is 24.9 Å². The quantitative estimate of drug-likeness (QED) is 0.480. The average Bonchev–Trinajstić information content (AvgIpc) is 3.15. The van der Waals surface area contributed by atoms with Gasteiger partial charge in [0.15, 0.2) is 12.3 Å². The van der Waals surface area contributed by atoms with Crippen LogP contribution in [-0.2, 0) is 17.8 Å². The maximum atomic E-state index is 12.2. The summed E-state index contributed by atoms with van der Waals surface area (Å²) in [7, 11) is 0. The molecule has 1 aromatic heterocycles. The molecule has 0 aliphatic heterocycles. The SMILES string of the molecule is NC(=O)c1nc(CNC(=O)COc2ccc(OC(F)(F)F)cc2)oc1Cc1ccccc1Cl. The van der Waals surface area contributed by atoms with Crippen molar-refractivity contribution >= 4 is 23.4 Å². The summed E-state index contributed by atoms with van der Waals surface area (Å²) in [4.78, 5) is 27.7. The summed E-state index contributed by atoms with van der Waals surface area (Å²) in [6.45, 7) is -0.571. The van der Waals surface area contributed by atoms with Crippen molar-refractivity contribution in [3.8, 4) is 11.5 Å². The lowest BCUT2D eigenvalue weighted by Crippen LogP contribution is -2.28. The second-order valence-electron chi connectivity index (χ2n) is 6.60. The Balaban J connectivity index is 1.54. The molecule has 0 bridgehead atoms. The largest absolute Gasteiger partial charge is 0.573 e. The number of nitrogens with one attached hydrogen (secondary N) is 1. The highest BCUT2D eigenvalue weighted by Gasteiger charge is 2.31. The van der Waals surface area contributed by atoms with Crippen LogP contribution in [0, 0.1) is 0 Å². The summed E-state index contributed by atoms with van der Waals surface area (Å²) in [5, 5.41) is 2.98. The summed E-state index contributed by atoms with van der Waals surface area (Å²) in [5.74, 6) is -1.35. The average molecular weight is 484 g/mol. The van der Waals surface area contributed by atoms with Gasteiger partial charge in [0.25, 0.3) is 11.8 Å². The number of halogens is 4. The van der Waals surface area contributed by atoms with E-state index in [9.17, 15) is 22.8 Å². The van der Waals surface area contributed by atoms with Crippen molar-refractivity contribution < 1.29 is 36.7 Å². The predicted molar refractivity (Wildman–Crippen MR) is 110 cm³/mol. The Morgan fingerprint density at radius 3 is 2.39 bits per heavy atom. The van der Waals surface area contributed by atoms with Gasteiger partial charge in [-0.2, -0.15) is 0 Å². The van der Waals surface area contributed by atoms with Crippen LogP contribution in [0.25, 0.3) is 0 Å². The fourth-order valence-corrected chi connectivity index (χ4v) is 2.92. The van der Waals surface area contributed by atoms with Crippen molar-refractivity contribution in [1.29, 1.82) is 0 Å². The number of alkyl halides is 3. The molecule has 2 aromatic carbocycles. The van der Waals surface area contributed by atoms with E-state index in [1.807, 2.05) is 0 Å². The minimum atomic E-state index is -4.80. The molecule has 0 saturated carbocycles. The molecule has 12 heteroatoms. The second kappa shape index (κ2) is 10.3. The van der Waals surface area contributed by atoms with Gasteiger partial charge in [-0.05, 0) is 35.9 Å². The highest BCUT2D eigenvalue weighted by Crippen LogP contribution is 2.25. The normalized spacial score (nSPS) is 11.2. The van der Waals surface area contributed by atoms with E-state index in [0.29, 0.717) is 10.6 Å². The van der Waals surface area contributed by atoms with Crippen molar-refractivity contribution in [2.75, 3.05) is 6.61 Å². The van der Waals surface area contributed by atoms with Gasteiger partial charge in [-0.15, -0.1) is 13.2 Å². The maximum absolute atomic E-state index is 12.2. The van der Waals surface area contributed by atoms with E-state index >= 15 is 0 Å². The summed E-state index contributed by atoms with van der Waals surface area (Å²) >= 11 is 6.13. The molecule has 8 nitrogen and oxygen atoms in total. The fraction of sp³-hybridized carbons (Fsp3) is 0.190. The zero-order valence-electron chi connectivity index (χ0n) is 16.8. The van der Waals surface area contributed by atoms with Gasteiger partial charge in [0, 0.05) is 11.4 Å². The van der Waals surface area contributed by atoms with Gasteiger partial charge in [-0.1, -0.05) is 29.8 Å². The maximum Gasteiger partial charge on any atom is 0.573 e. The van der Waals surface area contributed by atoms with E-state index in [4.69, 9.17) is 26.5 Å². The Hall–Kier alpha value is -3.73. The van der Waals surface area contributed by atoms with Crippen LogP contribution in [-0.4, -0.2) is 29.8 Å². The molecule has 1 heterocycles. The minimum absolute atomic E-state index is 0.0489. The Morgan fingerprint density at radius 2 is 1.76 bits per heavy atom. The summed E-state index contributed by atoms with van der Waals surface area (Å²) in [5.41, 5.74) is 5.99. The number of primary amides is 1. The first-order valence-electron chi connectivity index (χ1n) is 9.38. The number of carbonyl (C=O) groups is 2. The van der Waals surface area contributed by atoms with E-state index < -0.39 is 30.5 Å². The smallest absolute Gasteiger partial charge is 0.484 e. The summed E-state index contributed by atoms with van der Waals surface area (Å²) in [6, 6.07) is 11.5.